The fraction of sp³-hybridized carbons (Fsp3) is 0.556. The van der Waals surface area contributed by atoms with E-state index < -0.39 is 0 Å². The van der Waals surface area contributed by atoms with E-state index in [0.29, 0.717) is 5.70 Å². The lowest BCUT2D eigenvalue weighted by molar-refractivity contribution is 0.511. The van der Waals surface area contributed by atoms with Gasteiger partial charge in [-0.05, 0) is 17.9 Å². The summed E-state index contributed by atoms with van der Waals surface area (Å²) in [7, 11) is 0. The molecule has 0 saturated carbocycles. The molecule has 0 heterocycles. The van der Waals surface area contributed by atoms with Crippen LogP contribution in [0.25, 0.3) is 0 Å². The molecule has 0 fully saturated rings. The molecule has 0 aliphatic heterocycles. The van der Waals surface area contributed by atoms with Crippen LogP contribution in [0.15, 0.2) is 22.8 Å². The molecule has 0 aromatic rings. The summed E-state index contributed by atoms with van der Waals surface area (Å²) in [5, 5.41) is 0. The molecule has 0 spiro atoms. The highest BCUT2D eigenvalue weighted by Crippen LogP contribution is 2.28. The van der Waals surface area contributed by atoms with Crippen LogP contribution < -0.4 is 5.73 Å². The summed E-state index contributed by atoms with van der Waals surface area (Å²) in [6.45, 7) is 12.0. The molecule has 1 nitrogen and oxygen atoms in total. The monoisotopic (exact) mass is 171 g/mol. The Morgan fingerprint density at radius 1 is 1.36 bits per heavy atom. The Morgan fingerprint density at radius 2 is 1.73 bits per heavy atom. The zero-order valence-electron chi connectivity index (χ0n) is 7.73. The zero-order chi connectivity index (χ0) is 9.23. The Balaban J connectivity index is 4.67. The fourth-order valence-electron chi connectivity index (χ4n) is 0.622. The minimum absolute atomic E-state index is 0.0358. The highest BCUT2D eigenvalue weighted by Gasteiger charge is 2.17. The molecule has 0 aromatic carbocycles. The molecular formula is C9H17NS. The molecule has 0 atom stereocenters. The molecule has 2 heteroatoms. The summed E-state index contributed by atoms with van der Waals surface area (Å²) in [5.41, 5.74) is 7.44. The van der Waals surface area contributed by atoms with E-state index in [1.807, 2.05) is 6.92 Å². The van der Waals surface area contributed by atoms with E-state index in [1.54, 1.807) is 0 Å². The summed E-state index contributed by atoms with van der Waals surface area (Å²) in [6.07, 6.45) is 0. The molecule has 0 aliphatic rings. The van der Waals surface area contributed by atoms with Crippen molar-refractivity contribution in [3.8, 4) is 0 Å². The van der Waals surface area contributed by atoms with Crippen molar-refractivity contribution in [3.05, 3.63) is 22.8 Å². The second-order valence-electron chi connectivity index (χ2n) is 3.73. The van der Waals surface area contributed by atoms with Gasteiger partial charge in [-0.15, -0.1) is 12.6 Å². The molecule has 0 unspecified atom stereocenters. The van der Waals surface area contributed by atoms with E-state index in [0.717, 1.165) is 10.5 Å². The van der Waals surface area contributed by atoms with Crippen LogP contribution in [0.1, 0.15) is 27.7 Å². The van der Waals surface area contributed by atoms with Crippen LogP contribution in [-0.4, -0.2) is 0 Å². The van der Waals surface area contributed by atoms with Gasteiger partial charge in [0.25, 0.3) is 0 Å². The molecule has 0 aliphatic carbocycles. The Kier molecular flexibility index (Phi) is 3.24. The molecule has 0 radical (unpaired) electrons. The Labute approximate surface area is 74.8 Å². The van der Waals surface area contributed by atoms with Gasteiger partial charge in [0.15, 0.2) is 0 Å². The van der Waals surface area contributed by atoms with E-state index in [9.17, 15) is 0 Å². The largest absolute Gasteiger partial charge is 0.398 e. The third-order valence-electron chi connectivity index (χ3n) is 1.62. The lowest BCUT2D eigenvalue weighted by atomic mass is 9.86. The maximum Gasteiger partial charge on any atom is 0.0437 e. The maximum absolute atomic E-state index is 5.75. The molecule has 2 N–H and O–H groups in total. The van der Waals surface area contributed by atoms with Gasteiger partial charge >= 0.3 is 0 Å². The topological polar surface area (TPSA) is 26.0 Å². The summed E-state index contributed by atoms with van der Waals surface area (Å²) in [4.78, 5) is 0.838. The first-order valence-electron chi connectivity index (χ1n) is 3.62. The predicted molar refractivity (Wildman–Crippen MR) is 54.5 cm³/mol. The van der Waals surface area contributed by atoms with Crippen molar-refractivity contribution in [1.82, 2.24) is 0 Å². The summed E-state index contributed by atoms with van der Waals surface area (Å²) in [5.74, 6) is 0. The maximum atomic E-state index is 5.75. The molecule has 11 heavy (non-hydrogen) atoms. The van der Waals surface area contributed by atoms with Crippen molar-refractivity contribution in [1.29, 1.82) is 0 Å². The van der Waals surface area contributed by atoms with Crippen LogP contribution in [0, 0.1) is 5.41 Å². The van der Waals surface area contributed by atoms with Crippen LogP contribution in [0.5, 0.6) is 0 Å². The second-order valence-corrected chi connectivity index (χ2v) is 4.40. The van der Waals surface area contributed by atoms with Crippen molar-refractivity contribution in [2.75, 3.05) is 0 Å². The van der Waals surface area contributed by atoms with Gasteiger partial charge in [-0.2, -0.15) is 0 Å². The third kappa shape index (κ3) is 3.02. The summed E-state index contributed by atoms with van der Waals surface area (Å²) < 4.78 is 0. The number of hydrogen-bond donors (Lipinski definition) is 2. The summed E-state index contributed by atoms with van der Waals surface area (Å²) in [6, 6.07) is 0. The van der Waals surface area contributed by atoms with E-state index in [1.165, 1.54) is 0 Å². The highest BCUT2D eigenvalue weighted by atomic mass is 32.1. The zero-order valence-corrected chi connectivity index (χ0v) is 8.63. The van der Waals surface area contributed by atoms with Crippen LogP contribution in [0.3, 0.4) is 0 Å². The van der Waals surface area contributed by atoms with E-state index in [2.05, 4.69) is 40.0 Å². The van der Waals surface area contributed by atoms with Crippen molar-refractivity contribution in [2.45, 2.75) is 27.7 Å². The first-order valence-corrected chi connectivity index (χ1v) is 4.06. The number of thiol groups is 1. The van der Waals surface area contributed by atoms with Gasteiger partial charge < -0.3 is 5.73 Å². The van der Waals surface area contributed by atoms with Crippen molar-refractivity contribution in [3.63, 3.8) is 0 Å². The van der Waals surface area contributed by atoms with Gasteiger partial charge in [-0.3, -0.25) is 0 Å². The average Bonchev–Trinajstić information content (AvgIpc) is 1.82. The number of allylic oxidation sites excluding steroid dienone is 2. The molecule has 0 amide bonds. The van der Waals surface area contributed by atoms with Crippen LogP contribution in [0.4, 0.5) is 0 Å². The lowest BCUT2D eigenvalue weighted by Gasteiger charge is -2.22. The van der Waals surface area contributed by atoms with Gasteiger partial charge in [-0.25, -0.2) is 0 Å². The normalized spacial score (nSPS) is 14.3. The predicted octanol–water partition coefficient (Wildman–Crippen LogP) is 2.71. The summed E-state index contributed by atoms with van der Waals surface area (Å²) >= 11 is 4.16. The number of hydrogen-bond acceptors (Lipinski definition) is 2. The minimum atomic E-state index is 0.0358. The van der Waals surface area contributed by atoms with Crippen LogP contribution in [0.2, 0.25) is 0 Å². The van der Waals surface area contributed by atoms with E-state index in [4.69, 9.17) is 5.73 Å². The Morgan fingerprint density at radius 3 is 1.82 bits per heavy atom. The minimum Gasteiger partial charge on any atom is -0.398 e. The lowest BCUT2D eigenvalue weighted by Crippen LogP contribution is -2.15. The van der Waals surface area contributed by atoms with Crippen LogP contribution >= 0.6 is 12.6 Å². The van der Waals surface area contributed by atoms with Gasteiger partial charge in [0.05, 0.1) is 0 Å². The van der Waals surface area contributed by atoms with Crippen molar-refractivity contribution >= 4 is 12.6 Å². The quantitative estimate of drug-likeness (QED) is 0.460. The average molecular weight is 171 g/mol. The SMILES string of the molecule is C=C(/C(N)=C(\C)S)C(C)(C)C. The van der Waals surface area contributed by atoms with Gasteiger partial charge in [0.2, 0.25) is 0 Å². The molecule has 0 rings (SSSR count). The van der Waals surface area contributed by atoms with E-state index in [-0.39, 0.29) is 5.41 Å². The number of nitrogens with two attached hydrogens (primary N) is 1. The van der Waals surface area contributed by atoms with Gasteiger partial charge in [-0.1, -0.05) is 27.4 Å². The first kappa shape index (κ1) is 10.6. The van der Waals surface area contributed by atoms with Gasteiger partial charge in [0, 0.05) is 10.6 Å². The van der Waals surface area contributed by atoms with Crippen LogP contribution in [-0.2, 0) is 0 Å². The first-order chi connectivity index (χ1) is 4.76. The molecule has 0 bridgehead atoms. The Bertz CT molecular complexity index is 192. The molecule has 64 valence electrons. The fourth-order valence-corrected chi connectivity index (χ4v) is 0.757. The second kappa shape index (κ2) is 3.35. The molecule has 0 aromatic heterocycles. The highest BCUT2D eigenvalue weighted by molar-refractivity contribution is 7.84. The third-order valence-corrected chi connectivity index (χ3v) is 1.86. The van der Waals surface area contributed by atoms with E-state index >= 15 is 0 Å². The Hall–Kier alpha value is -0.370. The number of rotatable bonds is 1. The molecular weight excluding hydrogens is 154 g/mol. The smallest absolute Gasteiger partial charge is 0.0437 e. The molecule has 0 saturated heterocycles. The standard InChI is InChI=1S/C9H17NS/c1-6(9(3,4)5)8(10)7(2)11/h11H,1,10H2,2-5H3/b8-7-. The van der Waals surface area contributed by atoms with Crippen molar-refractivity contribution < 1.29 is 0 Å². The van der Waals surface area contributed by atoms with Crippen molar-refractivity contribution in [2.24, 2.45) is 11.1 Å². The van der Waals surface area contributed by atoms with Gasteiger partial charge in [0.1, 0.15) is 0 Å².